The van der Waals surface area contributed by atoms with Gasteiger partial charge < -0.3 is 5.73 Å². The number of rotatable bonds is 2. The summed E-state index contributed by atoms with van der Waals surface area (Å²) in [5.74, 6) is 1.58. The van der Waals surface area contributed by atoms with Crippen LogP contribution in [-0.2, 0) is 19.3 Å². The summed E-state index contributed by atoms with van der Waals surface area (Å²) in [6, 6.07) is 0. The largest absolute Gasteiger partial charge is 0.383 e. The van der Waals surface area contributed by atoms with E-state index < -0.39 is 0 Å². The van der Waals surface area contributed by atoms with Crippen LogP contribution in [0.2, 0.25) is 0 Å². The van der Waals surface area contributed by atoms with Crippen LogP contribution < -0.4 is 5.73 Å². The first-order valence-electron chi connectivity index (χ1n) is 5.86. The molecule has 2 aromatic heterocycles. The first kappa shape index (κ1) is 10.0. The molecule has 0 fully saturated rings. The van der Waals surface area contributed by atoms with Crippen LogP contribution in [0.4, 0.5) is 5.82 Å². The molecule has 3 rings (SSSR count). The summed E-state index contributed by atoms with van der Waals surface area (Å²) in [6.45, 7) is 2.14. The number of nitrogens with zero attached hydrogens (tertiary/aromatic N) is 2. The minimum Gasteiger partial charge on any atom is -0.383 e. The Kier molecular flexibility index (Phi) is 2.32. The molecule has 1 aliphatic rings. The quantitative estimate of drug-likeness (QED) is 0.867. The molecule has 0 radical (unpaired) electrons. The summed E-state index contributed by atoms with van der Waals surface area (Å²) in [6.07, 6.45) is 5.58. The molecule has 0 bridgehead atoms. The highest BCUT2D eigenvalue weighted by molar-refractivity contribution is 7.19. The number of nitrogen functional groups attached to an aromatic ring is 1. The molecular weight excluding hydrogens is 218 g/mol. The maximum absolute atomic E-state index is 6.06. The molecule has 84 valence electrons. The molecule has 0 unspecified atom stereocenters. The van der Waals surface area contributed by atoms with Crippen molar-refractivity contribution >= 4 is 27.4 Å². The van der Waals surface area contributed by atoms with E-state index in [0.717, 1.165) is 35.3 Å². The number of aromatic nitrogens is 2. The monoisotopic (exact) mass is 233 g/mol. The predicted octanol–water partition coefficient (Wildman–Crippen LogP) is 2.71. The van der Waals surface area contributed by atoms with E-state index in [1.807, 2.05) is 11.3 Å². The smallest absolute Gasteiger partial charge is 0.136 e. The van der Waals surface area contributed by atoms with Crippen LogP contribution in [0.1, 0.15) is 36.0 Å². The van der Waals surface area contributed by atoms with Crippen LogP contribution in [-0.4, -0.2) is 9.97 Å². The molecule has 0 amide bonds. The Morgan fingerprint density at radius 2 is 2.19 bits per heavy atom. The second-order valence-corrected chi connectivity index (χ2v) is 5.40. The van der Waals surface area contributed by atoms with Gasteiger partial charge in [-0.15, -0.1) is 11.3 Å². The highest BCUT2D eigenvalue weighted by Crippen LogP contribution is 2.38. The first-order valence-corrected chi connectivity index (χ1v) is 6.68. The Balaban J connectivity index is 2.22. The maximum Gasteiger partial charge on any atom is 0.136 e. The molecular formula is C12H15N3S. The molecule has 3 nitrogen and oxygen atoms in total. The zero-order chi connectivity index (χ0) is 11.1. The second kappa shape index (κ2) is 3.70. The van der Waals surface area contributed by atoms with E-state index in [2.05, 4.69) is 16.9 Å². The Labute approximate surface area is 98.7 Å². The van der Waals surface area contributed by atoms with E-state index in [1.165, 1.54) is 23.3 Å². The molecule has 0 saturated heterocycles. The van der Waals surface area contributed by atoms with Crippen LogP contribution in [0.15, 0.2) is 0 Å². The average molecular weight is 233 g/mol. The minimum atomic E-state index is 0.688. The van der Waals surface area contributed by atoms with Crippen molar-refractivity contribution < 1.29 is 0 Å². The SMILES string of the molecule is CCCc1nc(N)c2c3c(sc2n1)CCC3. The van der Waals surface area contributed by atoms with Crippen LogP contribution in [0.5, 0.6) is 0 Å². The van der Waals surface area contributed by atoms with E-state index in [4.69, 9.17) is 5.73 Å². The van der Waals surface area contributed by atoms with Crippen molar-refractivity contribution in [1.82, 2.24) is 9.97 Å². The lowest BCUT2D eigenvalue weighted by atomic mass is 10.2. The predicted molar refractivity (Wildman–Crippen MR) is 67.8 cm³/mol. The Hall–Kier alpha value is -1.16. The molecule has 0 aliphatic heterocycles. The third-order valence-electron chi connectivity index (χ3n) is 3.11. The first-order chi connectivity index (χ1) is 7.79. The van der Waals surface area contributed by atoms with Crippen LogP contribution in [0.25, 0.3) is 10.2 Å². The van der Waals surface area contributed by atoms with Gasteiger partial charge in [0.15, 0.2) is 0 Å². The number of thiophene rings is 1. The van der Waals surface area contributed by atoms with Gasteiger partial charge in [0.1, 0.15) is 16.5 Å². The molecule has 0 atom stereocenters. The zero-order valence-corrected chi connectivity index (χ0v) is 10.2. The van der Waals surface area contributed by atoms with Crippen molar-refractivity contribution in [3.05, 3.63) is 16.3 Å². The van der Waals surface area contributed by atoms with Gasteiger partial charge in [-0.1, -0.05) is 6.92 Å². The Morgan fingerprint density at radius 3 is 3.00 bits per heavy atom. The van der Waals surface area contributed by atoms with E-state index >= 15 is 0 Å². The van der Waals surface area contributed by atoms with E-state index in [1.54, 1.807) is 0 Å². The fourth-order valence-corrected chi connectivity index (χ4v) is 3.69. The highest BCUT2D eigenvalue weighted by atomic mass is 32.1. The van der Waals surface area contributed by atoms with Gasteiger partial charge >= 0.3 is 0 Å². The third-order valence-corrected chi connectivity index (χ3v) is 4.30. The van der Waals surface area contributed by atoms with Gasteiger partial charge in [0.25, 0.3) is 0 Å². The standard InChI is InChI=1S/C12H15N3S/c1-2-4-9-14-11(13)10-7-5-3-6-8(7)16-12(10)15-9/h2-6H2,1H3,(H2,13,14,15). The van der Waals surface area contributed by atoms with Crippen LogP contribution >= 0.6 is 11.3 Å². The number of hydrogen-bond donors (Lipinski definition) is 1. The summed E-state index contributed by atoms with van der Waals surface area (Å²) in [4.78, 5) is 11.6. The third kappa shape index (κ3) is 1.40. The normalized spacial score (nSPS) is 14.6. The van der Waals surface area contributed by atoms with Gasteiger partial charge in [0, 0.05) is 11.3 Å². The molecule has 2 heterocycles. The molecule has 0 saturated carbocycles. The van der Waals surface area contributed by atoms with Crippen LogP contribution in [0.3, 0.4) is 0 Å². The van der Waals surface area contributed by atoms with Crippen molar-refractivity contribution in [3.63, 3.8) is 0 Å². The Morgan fingerprint density at radius 1 is 1.31 bits per heavy atom. The molecule has 0 aromatic carbocycles. The zero-order valence-electron chi connectivity index (χ0n) is 9.42. The fraction of sp³-hybridized carbons (Fsp3) is 0.500. The van der Waals surface area contributed by atoms with Crippen LogP contribution in [0, 0.1) is 0 Å². The van der Waals surface area contributed by atoms with Crippen molar-refractivity contribution in [2.75, 3.05) is 5.73 Å². The van der Waals surface area contributed by atoms with E-state index in [0.29, 0.717) is 5.82 Å². The summed E-state index contributed by atoms with van der Waals surface area (Å²) >= 11 is 1.81. The van der Waals surface area contributed by atoms with Gasteiger partial charge in [-0.3, -0.25) is 0 Å². The van der Waals surface area contributed by atoms with Gasteiger partial charge in [0.2, 0.25) is 0 Å². The number of hydrogen-bond acceptors (Lipinski definition) is 4. The average Bonchev–Trinajstić information content (AvgIpc) is 2.76. The lowest BCUT2D eigenvalue weighted by Crippen LogP contribution is -2.00. The summed E-state index contributed by atoms with van der Waals surface area (Å²) in [5.41, 5.74) is 7.48. The molecule has 1 aliphatic carbocycles. The number of fused-ring (bicyclic) bond motifs is 3. The topological polar surface area (TPSA) is 51.8 Å². The number of aryl methyl sites for hydroxylation is 3. The van der Waals surface area contributed by atoms with Crippen molar-refractivity contribution in [3.8, 4) is 0 Å². The van der Waals surface area contributed by atoms with Gasteiger partial charge in [0.05, 0.1) is 5.39 Å². The van der Waals surface area contributed by atoms with E-state index in [9.17, 15) is 0 Å². The molecule has 0 spiro atoms. The molecule has 16 heavy (non-hydrogen) atoms. The van der Waals surface area contributed by atoms with Gasteiger partial charge in [-0.05, 0) is 31.2 Å². The van der Waals surface area contributed by atoms with Crippen molar-refractivity contribution in [1.29, 1.82) is 0 Å². The van der Waals surface area contributed by atoms with E-state index in [-0.39, 0.29) is 0 Å². The summed E-state index contributed by atoms with van der Waals surface area (Å²) < 4.78 is 0. The molecule has 4 heteroatoms. The van der Waals surface area contributed by atoms with Gasteiger partial charge in [-0.25, -0.2) is 9.97 Å². The van der Waals surface area contributed by atoms with Gasteiger partial charge in [-0.2, -0.15) is 0 Å². The number of nitrogens with two attached hydrogens (primary N) is 1. The number of anilines is 1. The minimum absolute atomic E-state index is 0.688. The highest BCUT2D eigenvalue weighted by Gasteiger charge is 2.20. The molecule has 2 aromatic rings. The lowest BCUT2D eigenvalue weighted by Gasteiger charge is -2.02. The maximum atomic E-state index is 6.06. The Bertz CT molecular complexity index is 545. The lowest BCUT2D eigenvalue weighted by molar-refractivity contribution is 0.847. The van der Waals surface area contributed by atoms with Crippen molar-refractivity contribution in [2.24, 2.45) is 0 Å². The second-order valence-electron chi connectivity index (χ2n) is 4.31. The summed E-state index contributed by atoms with van der Waals surface area (Å²) in [7, 11) is 0. The summed E-state index contributed by atoms with van der Waals surface area (Å²) in [5, 5.41) is 1.14. The fourth-order valence-electron chi connectivity index (χ4n) is 2.41. The molecule has 2 N–H and O–H groups in total. The van der Waals surface area contributed by atoms with Crippen molar-refractivity contribution in [2.45, 2.75) is 39.0 Å².